The van der Waals surface area contributed by atoms with Crippen LogP contribution in [0.2, 0.25) is 0 Å². The van der Waals surface area contributed by atoms with Crippen LogP contribution in [0.5, 0.6) is 0 Å². The number of alkyl halides is 9. The third-order valence-corrected chi connectivity index (χ3v) is 2.45. The molecule has 1 N–H and O–H groups in total. The van der Waals surface area contributed by atoms with Gasteiger partial charge in [0.25, 0.3) is 0 Å². The first kappa shape index (κ1) is 19.6. The van der Waals surface area contributed by atoms with Crippen LogP contribution in [-0.4, -0.2) is 52.6 Å². The van der Waals surface area contributed by atoms with E-state index < -0.39 is 42.6 Å². The number of amides is 1. The Morgan fingerprint density at radius 1 is 0.952 bits per heavy atom. The van der Waals surface area contributed by atoms with Gasteiger partial charge in [-0.3, -0.25) is 4.90 Å². The van der Waals surface area contributed by atoms with Crippen molar-refractivity contribution in [3.8, 4) is 0 Å². The van der Waals surface area contributed by atoms with E-state index in [1.807, 2.05) is 0 Å². The first-order chi connectivity index (χ1) is 8.99. The van der Waals surface area contributed by atoms with Crippen LogP contribution < -0.4 is 0 Å². The first-order valence-electron chi connectivity index (χ1n) is 5.18. The summed E-state index contributed by atoms with van der Waals surface area (Å²) in [4.78, 5) is 10.2. The summed E-state index contributed by atoms with van der Waals surface area (Å²) in [6.07, 6.45) is -9.10. The summed E-state index contributed by atoms with van der Waals surface area (Å²) in [5.74, 6) is -19.8. The molecule has 0 aliphatic carbocycles. The molecule has 0 atom stereocenters. The molecule has 0 radical (unpaired) electrons. The minimum absolute atomic E-state index is 0.375. The number of hydrogen-bond donors (Lipinski definition) is 1. The lowest BCUT2D eigenvalue weighted by Gasteiger charge is -2.36. The number of halogens is 9. The molecule has 0 aliphatic heterocycles. The lowest BCUT2D eigenvalue weighted by Crippen LogP contribution is -2.64. The summed E-state index contributed by atoms with van der Waals surface area (Å²) in [7, 11) is 0. The van der Waals surface area contributed by atoms with Crippen LogP contribution >= 0.6 is 0 Å². The van der Waals surface area contributed by atoms with E-state index in [4.69, 9.17) is 5.11 Å². The van der Waals surface area contributed by atoms with Crippen LogP contribution in [0.15, 0.2) is 0 Å². The molecule has 0 spiro atoms. The van der Waals surface area contributed by atoms with Gasteiger partial charge in [0.1, 0.15) is 0 Å². The topological polar surface area (TPSA) is 40.5 Å². The highest BCUT2D eigenvalue weighted by Gasteiger charge is 2.81. The molecule has 0 aliphatic rings. The normalized spacial score (nSPS) is 14.5. The second-order valence-corrected chi connectivity index (χ2v) is 4.36. The Kier molecular flexibility index (Phi) is 5.09. The maximum absolute atomic E-state index is 13.2. The van der Waals surface area contributed by atoms with Crippen LogP contribution in [-0.2, 0) is 0 Å². The van der Waals surface area contributed by atoms with Crippen molar-refractivity contribution in [2.75, 3.05) is 6.54 Å². The summed E-state index contributed by atoms with van der Waals surface area (Å²) in [5, 5.41) is 8.47. The van der Waals surface area contributed by atoms with Crippen LogP contribution in [0.1, 0.15) is 13.8 Å². The third kappa shape index (κ3) is 3.46. The fourth-order valence-electron chi connectivity index (χ4n) is 1.19. The van der Waals surface area contributed by atoms with Gasteiger partial charge in [0.15, 0.2) is 0 Å². The van der Waals surface area contributed by atoms with Gasteiger partial charge in [-0.2, -0.15) is 39.5 Å². The average Bonchev–Trinajstić information content (AvgIpc) is 2.22. The van der Waals surface area contributed by atoms with Gasteiger partial charge < -0.3 is 5.11 Å². The Balaban J connectivity index is 5.63. The third-order valence-electron chi connectivity index (χ3n) is 2.45. The van der Waals surface area contributed by atoms with E-state index >= 15 is 0 Å². The van der Waals surface area contributed by atoms with Crippen molar-refractivity contribution < 1.29 is 49.4 Å². The lowest BCUT2D eigenvalue weighted by molar-refractivity contribution is -0.396. The van der Waals surface area contributed by atoms with Crippen molar-refractivity contribution in [1.29, 1.82) is 0 Å². The van der Waals surface area contributed by atoms with Gasteiger partial charge in [0.05, 0.1) is 6.54 Å². The molecule has 0 heterocycles. The molecule has 21 heavy (non-hydrogen) atoms. The highest BCUT2D eigenvalue weighted by atomic mass is 19.4. The Hall–Kier alpha value is -1.36. The van der Waals surface area contributed by atoms with Crippen molar-refractivity contribution in [3.05, 3.63) is 0 Å². The van der Waals surface area contributed by atoms with E-state index in [-0.39, 0.29) is 4.90 Å². The van der Waals surface area contributed by atoms with E-state index in [0.29, 0.717) is 0 Å². The predicted octanol–water partition coefficient (Wildman–Crippen LogP) is 3.84. The number of carboxylic acid groups (broad SMARTS) is 1. The summed E-state index contributed by atoms with van der Waals surface area (Å²) in [6.45, 7) is -0.618. The van der Waals surface area contributed by atoms with Crippen LogP contribution in [0.25, 0.3) is 0 Å². The molecule has 126 valence electrons. The van der Waals surface area contributed by atoms with Gasteiger partial charge in [0.2, 0.25) is 0 Å². The highest BCUT2D eigenvalue weighted by molar-refractivity contribution is 5.65. The molecule has 0 aromatic rings. The zero-order valence-electron chi connectivity index (χ0n) is 10.5. The summed E-state index contributed by atoms with van der Waals surface area (Å²) < 4.78 is 113. The maximum Gasteiger partial charge on any atom is 0.460 e. The minimum Gasteiger partial charge on any atom is -0.465 e. The van der Waals surface area contributed by atoms with Gasteiger partial charge in [-0.05, 0) is 13.8 Å². The predicted molar refractivity (Wildman–Crippen MR) is 50.8 cm³/mol. The molecular weight excluding hydrogens is 325 g/mol. The second-order valence-electron chi connectivity index (χ2n) is 4.36. The van der Waals surface area contributed by atoms with Crippen molar-refractivity contribution in [2.24, 2.45) is 0 Å². The van der Waals surface area contributed by atoms with E-state index in [0.717, 1.165) is 13.8 Å². The Morgan fingerprint density at radius 2 is 1.33 bits per heavy atom. The fourth-order valence-corrected chi connectivity index (χ4v) is 1.19. The maximum atomic E-state index is 13.2. The molecule has 0 unspecified atom stereocenters. The van der Waals surface area contributed by atoms with Gasteiger partial charge in [-0.1, -0.05) is 0 Å². The smallest absolute Gasteiger partial charge is 0.460 e. The quantitative estimate of drug-likeness (QED) is 0.776. The molecule has 0 aromatic carbocycles. The molecule has 0 saturated carbocycles. The van der Waals surface area contributed by atoms with Crippen LogP contribution in [0.3, 0.4) is 0 Å². The fraction of sp³-hybridized carbons (Fsp3) is 0.889. The SMILES string of the molecule is CC(C)N(CC(F)(F)C(F)(F)C(F)(F)C(F)(F)F)C(=O)O. The van der Waals surface area contributed by atoms with E-state index in [9.17, 15) is 44.3 Å². The second kappa shape index (κ2) is 5.44. The zero-order chi connectivity index (χ0) is 17.4. The number of rotatable bonds is 5. The van der Waals surface area contributed by atoms with Crippen LogP contribution in [0, 0.1) is 0 Å². The minimum atomic E-state index is -7.02. The van der Waals surface area contributed by atoms with Gasteiger partial charge in [0, 0.05) is 6.04 Å². The monoisotopic (exact) mass is 335 g/mol. The highest BCUT2D eigenvalue weighted by Crippen LogP contribution is 2.53. The summed E-state index contributed by atoms with van der Waals surface area (Å²) >= 11 is 0. The zero-order valence-corrected chi connectivity index (χ0v) is 10.5. The molecule has 12 heteroatoms. The average molecular weight is 335 g/mol. The van der Waals surface area contributed by atoms with Crippen molar-refractivity contribution in [2.45, 2.75) is 43.8 Å². The Bertz CT molecular complexity index is 391. The van der Waals surface area contributed by atoms with Crippen molar-refractivity contribution in [3.63, 3.8) is 0 Å². The van der Waals surface area contributed by atoms with Crippen LogP contribution in [0.4, 0.5) is 44.3 Å². The molecule has 0 fully saturated rings. The Morgan fingerprint density at radius 3 is 1.57 bits per heavy atom. The van der Waals surface area contributed by atoms with Crippen molar-refractivity contribution in [1.82, 2.24) is 4.90 Å². The van der Waals surface area contributed by atoms with Crippen molar-refractivity contribution >= 4 is 6.09 Å². The van der Waals surface area contributed by atoms with E-state index in [1.54, 1.807) is 0 Å². The molecular formula is C9H10F9NO2. The van der Waals surface area contributed by atoms with Gasteiger partial charge >= 0.3 is 30.0 Å². The van der Waals surface area contributed by atoms with Gasteiger partial charge in [-0.25, -0.2) is 4.79 Å². The molecule has 0 aromatic heterocycles. The standard InChI is InChI=1S/C9H10F9NO2/c1-4(2)19(5(20)21)3-6(10,11)7(12,13)8(14,15)9(16,17)18/h4H,3H2,1-2H3,(H,20,21). The first-order valence-corrected chi connectivity index (χ1v) is 5.18. The lowest BCUT2D eigenvalue weighted by atomic mass is 10.0. The molecule has 1 amide bonds. The van der Waals surface area contributed by atoms with E-state index in [2.05, 4.69) is 0 Å². The number of hydrogen-bond acceptors (Lipinski definition) is 1. The van der Waals surface area contributed by atoms with E-state index in [1.165, 1.54) is 0 Å². The summed E-state index contributed by atoms with van der Waals surface area (Å²) in [6, 6.07) is -1.34. The Labute approximate surface area is 112 Å². The largest absolute Gasteiger partial charge is 0.465 e. The summed E-state index contributed by atoms with van der Waals surface area (Å²) in [5.41, 5.74) is 0. The molecule has 0 saturated heterocycles. The number of carbonyl (C=O) groups is 1. The molecule has 3 nitrogen and oxygen atoms in total. The van der Waals surface area contributed by atoms with Gasteiger partial charge in [-0.15, -0.1) is 0 Å². The molecule has 0 bridgehead atoms. The number of nitrogens with zero attached hydrogens (tertiary/aromatic N) is 1. The molecule has 0 rings (SSSR count).